The van der Waals surface area contributed by atoms with Crippen molar-refractivity contribution in [3.05, 3.63) is 53.4 Å². The summed E-state index contributed by atoms with van der Waals surface area (Å²) in [5.74, 6) is 1.26. The van der Waals surface area contributed by atoms with E-state index in [1.807, 2.05) is 4.57 Å². The largest absolute Gasteiger partial charge is 0.345 e. The number of amides is 1. The van der Waals surface area contributed by atoms with E-state index < -0.39 is 0 Å². The highest BCUT2D eigenvalue weighted by Crippen LogP contribution is 2.13. The maximum Gasteiger partial charge on any atom is 0.244 e. The zero-order valence-corrected chi connectivity index (χ0v) is 11.4. The van der Waals surface area contributed by atoms with Gasteiger partial charge in [-0.2, -0.15) is 0 Å². The molecule has 1 N–H and O–H groups in total. The smallest absolute Gasteiger partial charge is 0.244 e. The van der Waals surface area contributed by atoms with Crippen LogP contribution in [0.15, 0.2) is 30.3 Å². The van der Waals surface area contributed by atoms with Gasteiger partial charge in [-0.15, -0.1) is 10.2 Å². The molecule has 1 aromatic heterocycles. The second kappa shape index (κ2) is 5.87. The summed E-state index contributed by atoms with van der Waals surface area (Å²) in [7, 11) is 0. The average molecular weight is 286 g/mol. The maximum absolute atomic E-state index is 12.8. The van der Waals surface area contributed by atoms with Crippen molar-refractivity contribution in [1.29, 1.82) is 0 Å². The maximum atomic E-state index is 12.8. The monoisotopic (exact) mass is 286 g/mol. The number of hydrogen-bond acceptors (Lipinski definition) is 3. The molecule has 1 amide bonds. The molecule has 1 aliphatic heterocycles. The Morgan fingerprint density at radius 3 is 2.95 bits per heavy atom. The molecule has 0 saturated carbocycles. The number of nitrogens with zero attached hydrogens (tertiary/aromatic N) is 3. The van der Waals surface area contributed by atoms with Crippen molar-refractivity contribution >= 4 is 12.0 Å². The van der Waals surface area contributed by atoms with E-state index in [0.29, 0.717) is 6.54 Å². The highest BCUT2D eigenvalue weighted by Gasteiger charge is 2.16. The van der Waals surface area contributed by atoms with Crippen molar-refractivity contribution in [1.82, 2.24) is 20.1 Å². The predicted octanol–water partition coefficient (Wildman–Crippen LogP) is 1.69. The first-order chi connectivity index (χ1) is 10.2. The first-order valence-corrected chi connectivity index (χ1v) is 6.85. The number of aromatic nitrogens is 3. The van der Waals surface area contributed by atoms with Crippen molar-refractivity contribution < 1.29 is 9.18 Å². The van der Waals surface area contributed by atoms with Crippen LogP contribution in [0.2, 0.25) is 0 Å². The first kappa shape index (κ1) is 13.5. The molecule has 0 spiro atoms. The highest BCUT2D eigenvalue weighted by atomic mass is 19.1. The summed E-state index contributed by atoms with van der Waals surface area (Å²) < 4.78 is 14.8. The fraction of sp³-hybridized carbons (Fsp3) is 0.267. The van der Waals surface area contributed by atoms with Crippen LogP contribution < -0.4 is 5.32 Å². The van der Waals surface area contributed by atoms with Gasteiger partial charge in [0.15, 0.2) is 5.82 Å². The van der Waals surface area contributed by atoms with E-state index in [1.54, 1.807) is 18.2 Å². The van der Waals surface area contributed by atoms with Crippen LogP contribution >= 0.6 is 0 Å². The van der Waals surface area contributed by atoms with Crippen LogP contribution in [0.5, 0.6) is 0 Å². The SMILES string of the molecule is O=C(C=Cc1ccc(F)cc1)NCc1nnc2n1CCC2. The van der Waals surface area contributed by atoms with Gasteiger partial charge in [0, 0.05) is 19.0 Å². The number of nitrogens with one attached hydrogen (secondary N) is 1. The fourth-order valence-corrected chi connectivity index (χ4v) is 2.31. The van der Waals surface area contributed by atoms with E-state index >= 15 is 0 Å². The number of benzene rings is 1. The minimum Gasteiger partial charge on any atom is -0.345 e. The molecule has 1 aromatic carbocycles. The van der Waals surface area contributed by atoms with Gasteiger partial charge in [-0.1, -0.05) is 12.1 Å². The topological polar surface area (TPSA) is 59.8 Å². The third-order valence-electron chi connectivity index (χ3n) is 3.40. The van der Waals surface area contributed by atoms with Crippen LogP contribution in [0.4, 0.5) is 4.39 Å². The van der Waals surface area contributed by atoms with Gasteiger partial charge in [0.05, 0.1) is 6.54 Å². The lowest BCUT2D eigenvalue weighted by Gasteiger charge is -2.03. The summed E-state index contributed by atoms with van der Waals surface area (Å²) in [5.41, 5.74) is 0.773. The molecule has 0 fully saturated rings. The number of halogens is 1. The van der Waals surface area contributed by atoms with E-state index in [-0.39, 0.29) is 11.7 Å². The van der Waals surface area contributed by atoms with Gasteiger partial charge in [0.2, 0.25) is 5.91 Å². The zero-order chi connectivity index (χ0) is 14.7. The predicted molar refractivity (Wildman–Crippen MR) is 75.6 cm³/mol. The molecule has 21 heavy (non-hydrogen) atoms. The van der Waals surface area contributed by atoms with Crippen LogP contribution in [0.1, 0.15) is 23.6 Å². The minimum absolute atomic E-state index is 0.213. The van der Waals surface area contributed by atoms with Gasteiger partial charge in [0.25, 0.3) is 0 Å². The number of fused-ring (bicyclic) bond motifs is 1. The molecule has 5 nitrogen and oxygen atoms in total. The van der Waals surface area contributed by atoms with Gasteiger partial charge in [-0.25, -0.2) is 4.39 Å². The summed E-state index contributed by atoms with van der Waals surface area (Å²) >= 11 is 0. The molecule has 0 unspecified atom stereocenters. The van der Waals surface area contributed by atoms with Gasteiger partial charge in [0.1, 0.15) is 11.6 Å². The Kier molecular flexibility index (Phi) is 3.77. The minimum atomic E-state index is -0.294. The zero-order valence-electron chi connectivity index (χ0n) is 11.4. The van der Waals surface area contributed by atoms with Crippen molar-refractivity contribution in [3.8, 4) is 0 Å². The molecule has 0 saturated heterocycles. The normalized spacial score (nSPS) is 13.6. The van der Waals surface area contributed by atoms with E-state index in [9.17, 15) is 9.18 Å². The van der Waals surface area contributed by atoms with Crippen LogP contribution in [-0.4, -0.2) is 20.7 Å². The van der Waals surface area contributed by atoms with Crippen molar-refractivity contribution in [3.63, 3.8) is 0 Å². The van der Waals surface area contributed by atoms with Gasteiger partial charge >= 0.3 is 0 Å². The lowest BCUT2D eigenvalue weighted by atomic mass is 10.2. The van der Waals surface area contributed by atoms with E-state index in [4.69, 9.17) is 0 Å². The van der Waals surface area contributed by atoms with Crippen LogP contribution in [0.3, 0.4) is 0 Å². The van der Waals surface area contributed by atoms with Crippen LogP contribution in [-0.2, 0) is 24.3 Å². The quantitative estimate of drug-likeness (QED) is 0.870. The molecule has 2 heterocycles. The van der Waals surface area contributed by atoms with Crippen LogP contribution in [0.25, 0.3) is 6.08 Å². The molecule has 6 heteroatoms. The van der Waals surface area contributed by atoms with Crippen molar-refractivity contribution in [2.75, 3.05) is 0 Å². The Hall–Kier alpha value is -2.50. The molecule has 3 rings (SSSR count). The van der Waals surface area contributed by atoms with E-state index in [2.05, 4.69) is 15.5 Å². The fourth-order valence-electron chi connectivity index (χ4n) is 2.31. The molecule has 0 radical (unpaired) electrons. The summed E-state index contributed by atoms with van der Waals surface area (Å²) in [6, 6.07) is 5.95. The third-order valence-corrected chi connectivity index (χ3v) is 3.40. The lowest BCUT2D eigenvalue weighted by molar-refractivity contribution is -0.116. The number of carbonyl (C=O) groups is 1. The Morgan fingerprint density at radius 2 is 2.14 bits per heavy atom. The van der Waals surface area contributed by atoms with E-state index in [0.717, 1.165) is 36.6 Å². The van der Waals surface area contributed by atoms with Crippen molar-refractivity contribution in [2.45, 2.75) is 25.9 Å². The Bertz CT molecular complexity index is 675. The molecular weight excluding hydrogens is 271 g/mol. The second-order valence-corrected chi connectivity index (χ2v) is 4.89. The van der Waals surface area contributed by atoms with Gasteiger partial charge < -0.3 is 9.88 Å². The highest BCUT2D eigenvalue weighted by molar-refractivity contribution is 5.91. The molecule has 108 valence electrons. The number of hydrogen-bond donors (Lipinski definition) is 1. The summed E-state index contributed by atoms with van der Waals surface area (Å²) in [4.78, 5) is 11.7. The van der Waals surface area contributed by atoms with Gasteiger partial charge in [-0.05, 0) is 30.2 Å². The molecule has 0 bridgehead atoms. The van der Waals surface area contributed by atoms with Crippen molar-refractivity contribution in [2.24, 2.45) is 0 Å². The number of aryl methyl sites for hydroxylation is 1. The lowest BCUT2D eigenvalue weighted by Crippen LogP contribution is -2.22. The number of carbonyl (C=O) groups excluding carboxylic acids is 1. The Morgan fingerprint density at radius 1 is 1.33 bits per heavy atom. The van der Waals surface area contributed by atoms with Gasteiger partial charge in [-0.3, -0.25) is 4.79 Å². The molecule has 0 atom stereocenters. The average Bonchev–Trinajstić information content (AvgIpc) is 3.08. The Labute approximate surface area is 121 Å². The number of rotatable bonds is 4. The summed E-state index contributed by atoms with van der Waals surface area (Å²) in [5, 5.41) is 10.9. The van der Waals surface area contributed by atoms with E-state index in [1.165, 1.54) is 18.2 Å². The molecule has 0 aliphatic carbocycles. The molecule has 1 aliphatic rings. The van der Waals surface area contributed by atoms with Crippen LogP contribution in [0, 0.1) is 5.82 Å². The summed E-state index contributed by atoms with van der Waals surface area (Å²) in [6.07, 6.45) is 5.10. The molecular formula is C15H15FN4O. The molecule has 2 aromatic rings. The first-order valence-electron chi connectivity index (χ1n) is 6.85. The standard InChI is InChI=1S/C15H15FN4O/c16-12-6-3-11(4-7-12)5-8-15(21)17-10-14-19-18-13-2-1-9-20(13)14/h3-8H,1-2,9-10H2,(H,17,21). The Balaban J connectivity index is 1.55. The summed E-state index contributed by atoms with van der Waals surface area (Å²) in [6.45, 7) is 1.28. The second-order valence-electron chi connectivity index (χ2n) is 4.89. The third kappa shape index (κ3) is 3.16.